The monoisotopic (exact) mass is 243 g/mol. The molecule has 104 valence electrons. The van der Waals surface area contributed by atoms with Crippen molar-refractivity contribution in [3.8, 4) is 0 Å². The molecule has 0 amide bonds. The van der Waals surface area contributed by atoms with E-state index in [1.54, 1.807) is 0 Å². The fourth-order valence-electron chi connectivity index (χ4n) is 2.26. The number of nitrogens with two attached hydrogens (primary N) is 1. The minimum Gasteiger partial charge on any atom is -0.329 e. The first kappa shape index (κ1) is 16.9. The molecule has 1 unspecified atom stereocenters. The van der Waals surface area contributed by atoms with E-state index in [1.165, 1.54) is 12.8 Å². The normalized spacial score (nSPS) is 14.6. The molecule has 0 fully saturated rings. The standard InChI is InChI=1S/C14H33N3/c1-7-17(10-8-9-16(5)6)13(12-15)11-14(2,3)4/h13H,7-12,15H2,1-6H3. The lowest BCUT2D eigenvalue weighted by molar-refractivity contribution is 0.153. The summed E-state index contributed by atoms with van der Waals surface area (Å²) in [7, 11) is 4.26. The van der Waals surface area contributed by atoms with Gasteiger partial charge < -0.3 is 10.6 Å². The number of hydrogen-bond acceptors (Lipinski definition) is 3. The van der Waals surface area contributed by atoms with Crippen LogP contribution in [0.4, 0.5) is 0 Å². The van der Waals surface area contributed by atoms with Crippen LogP contribution in [-0.2, 0) is 0 Å². The molecule has 0 bridgehead atoms. The van der Waals surface area contributed by atoms with Gasteiger partial charge in [-0.05, 0) is 52.0 Å². The Kier molecular flexibility index (Phi) is 8.01. The second-order valence-corrected chi connectivity index (χ2v) is 6.44. The third-order valence-electron chi connectivity index (χ3n) is 3.09. The molecule has 0 saturated heterocycles. The van der Waals surface area contributed by atoms with Crippen LogP contribution in [-0.4, -0.2) is 56.1 Å². The Morgan fingerprint density at radius 2 is 1.71 bits per heavy atom. The molecule has 0 heterocycles. The van der Waals surface area contributed by atoms with Crippen LogP contribution in [0.3, 0.4) is 0 Å². The summed E-state index contributed by atoms with van der Waals surface area (Å²) in [6, 6.07) is 0.530. The number of hydrogen-bond donors (Lipinski definition) is 1. The average molecular weight is 243 g/mol. The first-order valence-electron chi connectivity index (χ1n) is 6.89. The van der Waals surface area contributed by atoms with Gasteiger partial charge in [-0.1, -0.05) is 27.7 Å². The summed E-state index contributed by atoms with van der Waals surface area (Å²) in [6.07, 6.45) is 2.40. The van der Waals surface area contributed by atoms with Crippen molar-refractivity contribution in [2.75, 3.05) is 40.3 Å². The maximum atomic E-state index is 5.94. The molecule has 0 spiro atoms. The largest absolute Gasteiger partial charge is 0.329 e. The Hall–Kier alpha value is -0.120. The van der Waals surface area contributed by atoms with E-state index >= 15 is 0 Å². The summed E-state index contributed by atoms with van der Waals surface area (Å²) in [4.78, 5) is 4.78. The van der Waals surface area contributed by atoms with Gasteiger partial charge in [0, 0.05) is 12.6 Å². The Labute approximate surface area is 108 Å². The van der Waals surface area contributed by atoms with Gasteiger partial charge in [0.25, 0.3) is 0 Å². The lowest BCUT2D eigenvalue weighted by atomic mass is 9.87. The number of rotatable bonds is 8. The fraction of sp³-hybridized carbons (Fsp3) is 1.00. The van der Waals surface area contributed by atoms with Crippen LogP contribution in [0.5, 0.6) is 0 Å². The van der Waals surface area contributed by atoms with Crippen LogP contribution in [0.2, 0.25) is 0 Å². The molecule has 0 saturated carbocycles. The zero-order chi connectivity index (χ0) is 13.5. The highest BCUT2D eigenvalue weighted by Gasteiger charge is 2.22. The van der Waals surface area contributed by atoms with Crippen molar-refractivity contribution in [3.63, 3.8) is 0 Å². The molecular weight excluding hydrogens is 210 g/mol. The van der Waals surface area contributed by atoms with Crippen molar-refractivity contribution in [1.82, 2.24) is 9.80 Å². The highest BCUT2D eigenvalue weighted by Crippen LogP contribution is 2.23. The van der Waals surface area contributed by atoms with Crippen LogP contribution in [0, 0.1) is 5.41 Å². The minimum atomic E-state index is 0.360. The second kappa shape index (κ2) is 8.06. The van der Waals surface area contributed by atoms with Gasteiger partial charge in [-0.15, -0.1) is 0 Å². The van der Waals surface area contributed by atoms with Gasteiger partial charge in [0.05, 0.1) is 0 Å². The molecule has 0 aliphatic rings. The molecule has 2 N–H and O–H groups in total. The van der Waals surface area contributed by atoms with E-state index in [1.807, 2.05) is 0 Å². The summed E-state index contributed by atoms with van der Waals surface area (Å²) in [5.41, 5.74) is 6.30. The molecule has 3 nitrogen and oxygen atoms in total. The molecule has 0 aliphatic carbocycles. The van der Waals surface area contributed by atoms with E-state index in [4.69, 9.17) is 5.73 Å². The zero-order valence-corrected chi connectivity index (χ0v) is 12.8. The minimum absolute atomic E-state index is 0.360. The number of nitrogens with zero attached hydrogens (tertiary/aromatic N) is 2. The Morgan fingerprint density at radius 1 is 1.12 bits per heavy atom. The summed E-state index contributed by atoms with van der Waals surface area (Å²) in [6.45, 7) is 13.3. The smallest absolute Gasteiger partial charge is 0.0223 e. The van der Waals surface area contributed by atoms with Gasteiger partial charge >= 0.3 is 0 Å². The zero-order valence-electron chi connectivity index (χ0n) is 12.8. The van der Waals surface area contributed by atoms with Crippen molar-refractivity contribution >= 4 is 0 Å². The van der Waals surface area contributed by atoms with Crippen LogP contribution < -0.4 is 5.73 Å². The van der Waals surface area contributed by atoms with Crippen molar-refractivity contribution in [2.24, 2.45) is 11.1 Å². The van der Waals surface area contributed by atoms with Crippen molar-refractivity contribution < 1.29 is 0 Å². The molecule has 3 heteroatoms. The molecule has 1 atom stereocenters. The van der Waals surface area contributed by atoms with E-state index in [0.717, 1.165) is 26.2 Å². The van der Waals surface area contributed by atoms with E-state index in [-0.39, 0.29) is 0 Å². The highest BCUT2D eigenvalue weighted by atomic mass is 15.2. The van der Waals surface area contributed by atoms with Crippen molar-refractivity contribution in [1.29, 1.82) is 0 Å². The second-order valence-electron chi connectivity index (χ2n) is 6.44. The average Bonchev–Trinajstić information content (AvgIpc) is 2.19. The van der Waals surface area contributed by atoms with Crippen molar-refractivity contribution in [3.05, 3.63) is 0 Å². The molecular formula is C14H33N3. The van der Waals surface area contributed by atoms with E-state index in [9.17, 15) is 0 Å². The third kappa shape index (κ3) is 8.58. The maximum absolute atomic E-state index is 5.94. The first-order valence-corrected chi connectivity index (χ1v) is 6.89. The quantitative estimate of drug-likeness (QED) is 0.708. The SMILES string of the molecule is CCN(CCCN(C)C)C(CN)CC(C)(C)C. The predicted octanol–water partition coefficient (Wildman–Crippen LogP) is 2.02. The van der Waals surface area contributed by atoms with E-state index < -0.39 is 0 Å². The molecule has 0 aromatic heterocycles. The van der Waals surface area contributed by atoms with Crippen molar-refractivity contribution in [2.45, 2.75) is 46.6 Å². The van der Waals surface area contributed by atoms with Crippen LogP contribution in [0.25, 0.3) is 0 Å². The van der Waals surface area contributed by atoms with Gasteiger partial charge in [-0.2, -0.15) is 0 Å². The summed E-state index contributed by atoms with van der Waals surface area (Å²) < 4.78 is 0. The van der Waals surface area contributed by atoms with Gasteiger partial charge in [-0.25, -0.2) is 0 Å². The topological polar surface area (TPSA) is 32.5 Å². The van der Waals surface area contributed by atoms with Gasteiger partial charge in [-0.3, -0.25) is 4.90 Å². The fourth-order valence-corrected chi connectivity index (χ4v) is 2.26. The molecule has 0 aromatic carbocycles. The molecule has 0 rings (SSSR count). The van der Waals surface area contributed by atoms with Gasteiger partial charge in [0.15, 0.2) is 0 Å². The molecule has 0 radical (unpaired) electrons. The lowest BCUT2D eigenvalue weighted by Gasteiger charge is -2.34. The predicted molar refractivity (Wildman–Crippen MR) is 77.3 cm³/mol. The van der Waals surface area contributed by atoms with Gasteiger partial charge in [0.1, 0.15) is 0 Å². The van der Waals surface area contributed by atoms with Crippen LogP contribution in [0.1, 0.15) is 40.5 Å². The van der Waals surface area contributed by atoms with Gasteiger partial charge in [0.2, 0.25) is 0 Å². The van der Waals surface area contributed by atoms with Crippen LogP contribution >= 0.6 is 0 Å². The van der Waals surface area contributed by atoms with E-state index in [0.29, 0.717) is 11.5 Å². The molecule has 0 aliphatic heterocycles. The first-order chi connectivity index (χ1) is 7.80. The Balaban J connectivity index is 4.19. The molecule has 17 heavy (non-hydrogen) atoms. The highest BCUT2D eigenvalue weighted by molar-refractivity contribution is 4.78. The maximum Gasteiger partial charge on any atom is 0.0223 e. The third-order valence-corrected chi connectivity index (χ3v) is 3.09. The van der Waals surface area contributed by atoms with Crippen LogP contribution in [0.15, 0.2) is 0 Å². The summed E-state index contributed by atoms with van der Waals surface area (Å²) in [5, 5.41) is 0. The summed E-state index contributed by atoms with van der Waals surface area (Å²) in [5.74, 6) is 0. The Bertz CT molecular complexity index is 184. The Morgan fingerprint density at radius 3 is 2.06 bits per heavy atom. The molecule has 0 aromatic rings. The number of likely N-dealkylation sites (N-methyl/N-ethyl adjacent to an activating group) is 1. The summed E-state index contributed by atoms with van der Waals surface area (Å²) >= 11 is 0. The van der Waals surface area contributed by atoms with E-state index in [2.05, 4.69) is 51.6 Å². The lowest BCUT2D eigenvalue weighted by Crippen LogP contribution is -2.43.